The van der Waals surface area contributed by atoms with Crippen LogP contribution in [-0.2, 0) is 4.79 Å². The lowest BCUT2D eigenvalue weighted by molar-refractivity contribution is -0.128. The Morgan fingerprint density at radius 1 is 1.25 bits per heavy atom. The minimum absolute atomic E-state index is 0.0621. The summed E-state index contributed by atoms with van der Waals surface area (Å²) in [6.45, 7) is 5.93. The SMILES string of the molecule is CC(NC(=O)C1(C(C)C)CC1(Cl)Cl)c1ccc(Br)cc1. The first-order valence-electron chi connectivity index (χ1n) is 6.65. The lowest BCUT2D eigenvalue weighted by Gasteiger charge is -2.24. The van der Waals surface area contributed by atoms with Gasteiger partial charge in [-0.05, 0) is 37.0 Å². The first-order valence-corrected chi connectivity index (χ1v) is 8.20. The van der Waals surface area contributed by atoms with E-state index in [9.17, 15) is 4.79 Å². The molecule has 0 aromatic heterocycles. The first kappa shape index (κ1) is 16.1. The van der Waals surface area contributed by atoms with Crippen molar-refractivity contribution in [3.8, 4) is 0 Å². The third-order valence-corrected chi connectivity index (χ3v) is 5.61. The molecule has 2 nitrogen and oxygen atoms in total. The van der Waals surface area contributed by atoms with Gasteiger partial charge in [0, 0.05) is 4.47 Å². The molecule has 1 saturated carbocycles. The maximum absolute atomic E-state index is 12.5. The van der Waals surface area contributed by atoms with Crippen LogP contribution < -0.4 is 5.32 Å². The van der Waals surface area contributed by atoms with E-state index in [0.717, 1.165) is 10.0 Å². The topological polar surface area (TPSA) is 29.1 Å². The second-order valence-corrected chi connectivity index (χ2v) is 8.15. The van der Waals surface area contributed by atoms with Crippen molar-refractivity contribution in [3.63, 3.8) is 0 Å². The van der Waals surface area contributed by atoms with Crippen LogP contribution in [-0.4, -0.2) is 10.2 Å². The van der Waals surface area contributed by atoms with Crippen LogP contribution in [0.25, 0.3) is 0 Å². The van der Waals surface area contributed by atoms with Crippen molar-refractivity contribution in [1.82, 2.24) is 5.32 Å². The van der Waals surface area contributed by atoms with Gasteiger partial charge in [-0.2, -0.15) is 0 Å². The Morgan fingerprint density at radius 3 is 2.15 bits per heavy atom. The third kappa shape index (κ3) is 2.72. The number of rotatable bonds is 4. The highest BCUT2D eigenvalue weighted by atomic mass is 79.9. The van der Waals surface area contributed by atoms with Crippen molar-refractivity contribution in [2.45, 2.75) is 37.6 Å². The van der Waals surface area contributed by atoms with Crippen molar-refractivity contribution < 1.29 is 4.79 Å². The molecule has 5 heteroatoms. The summed E-state index contributed by atoms with van der Waals surface area (Å²) in [6, 6.07) is 7.81. The van der Waals surface area contributed by atoms with Crippen LogP contribution in [0.4, 0.5) is 0 Å². The molecular formula is C15H18BrCl2NO. The van der Waals surface area contributed by atoms with E-state index in [0.29, 0.717) is 6.42 Å². The van der Waals surface area contributed by atoms with Crippen molar-refractivity contribution in [3.05, 3.63) is 34.3 Å². The van der Waals surface area contributed by atoms with Crippen molar-refractivity contribution in [2.24, 2.45) is 11.3 Å². The van der Waals surface area contributed by atoms with Crippen LogP contribution in [0.2, 0.25) is 0 Å². The zero-order valence-electron chi connectivity index (χ0n) is 11.7. The monoisotopic (exact) mass is 377 g/mol. The summed E-state index contributed by atoms with van der Waals surface area (Å²) < 4.78 is 0.0752. The Labute approximate surface area is 138 Å². The number of nitrogens with one attached hydrogen (secondary N) is 1. The lowest BCUT2D eigenvalue weighted by Crippen LogP contribution is -2.39. The number of halogens is 3. The molecule has 0 radical (unpaired) electrons. The zero-order valence-corrected chi connectivity index (χ0v) is 14.8. The number of hydrogen-bond donors (Lipinski definition) is 1. The molecule has 0 aliphatic heterocycles. The third-order valence-electron chi connectivity index (χ3n) is 4.14. The van der Waals surface area contributed by atoms with Gasteiger partial charge < -0.3 is 5.32 Å². The molecule has 2 rings (SSSR count). The van der Waals surface area contributed by atoms with Crippen LogP contribution >= 0.6 is 39.1 Å². The van der Waals surface area contributed by atoms with E-state index in [2.05, 4.69) is 21.2 Å². The van der Waals surface area contributed by atoms with E-state index in [4.69, 9.17) is 23.2 Å². The summed E-state index contributed by atoms with van der Waals surface area (Å²) in [5.74, 6) is 0.0440. The van der Waals surface area contributed by atoms with E-state index < -0.39 is 9.75 Å². The highest BCUT2D eigenvalue weighted by Crippen LogP contribution is 2.68. The molecule has 2 unspecified atom stereocenters. The molecule has 1 aromatic rings. The molecule has 0 heterocycles. The Bertz CT molecular complexity index is 515. The largest absolute Gasteiger partial charge is 0.349 e. The van der Waals surface area contributed by atoms with Crippen molar-refractivity contribution in [2.75, 3.05) is 0 Å². The fourth-order valence-corrected chi connectivity index (χ4v) is 3.90. The van der Waals surface area contributed by atoms with E-state index in [1.165, 1.54) is 0 Å². The molecule has 0 spiro atoms. The number of benzene rings is 1. The van der Waals surface area contributed by atoms with Crippen molar-refractivity contribution in [1.29, 1.82) is 0 Å². The Balaban J connectivity index is 2.10. The van der Waals surface area contributed by atoms with Gasteiger partial charge in [-0.3, -0.25) is 4.79 Å². The molecule has 20 heavy (non-hydrogen) atoms. The highest BCUT2D eigenvalue weighted by Gasteiger charge is 2.72. The second kappa shape index (κ2) is 5.51. The van der Waals surface area contributed by atoms with Gasteiger partial charge in [0.1, 0.15) is 4.33 Å². The van der Waals surface area contributed by atoms with E-state index >= 15 is 0 Å². The molecule has 1 N–H and O–H groups in total. The minimum atomic E-state index is -0.940. The van der Waals surface area contributed by atoms with Gasteiger partial charge in [0.05, 0.1) is 11.5 Å². The minimum Gasteiger partial charge on any atom is -0.349 e. The summed E-state index contributed by atoms with van der Waals surface area (Å²) in [5, 5.41) is 3.03. The summed E-state index contributed by atoms with van der Waals surface area (Å²) in [5.41, 5.74) is 0.385. The predicted octanol–water partition coefficient (Wildman–Crippen LogP) is 4.85. The molecule has 0 saturated heterocycles. The van der Waals surface area contributed by atoms with Crippen molar-refractivity contribution >= 4 is 45.0 Å². The molecule has 110 valence electrons. The average Bonchev–Trinajstić information content (AvgIpc) is 2.95. The number of hydrogen-bond acceptors (Lipinski definition) is 1. The maximum Gasteiger partial charge on any atom is 0.230 e. The van der Waals surface area contributed by atoms with Gasteiger partial charge in [0.15, 0.2) is 0 Å². The summed E-state index contributed by atoms with van der Waals surface area (Å²) >= 11 is 15.8. The summed E-state index contributed by atoms with van der Waals surface area (Å²) in [6.07, 6.45) is 0.514. The van der Waals surface area contributed by atoms with Crippen LogP contribution in [0.15, 0.2) is 28.7 Å². The molecule has 2 atom stereocenters. The standard InChI is InChI=1S/C15H18BrCl2NO/c1-9(2)14(8-15(14,17)18)13(20)19-10(3)11-4-6-12(16)7-5-11/h4-7,9-10H,8H2,1-3H3,(H,19,20). The smallest absolute Gasteiger partial charge is 0.230 e. The number of alkyl halides is 2. The van der Waals surface area contributed by atoms with Gasteiger partial charge >= 0.3 is 0 Å². The average molecular weight is 379 g/mol. The molecule has 1 aromatic carbocycles. The van der Waals surface area contributed by atoms with Crippen LogP contribution in [0, 0.1) is 11.3 Å². The molecular weight excluding hydrogens is 361 g/mol. The van der Waals surface area contributed by atoms with Gasteiger partial charge in [0.2, 0.25) is 5.91 Å². The number of carbonyl (C=O) groups is 1. The molecule has 1 amide bonds. The molecule has 1 fully saturated rings. The number of carbonyl (C=O) groups excluding carboxylic acids is 1. The van der Waals surface area contributed by atoms with Crippen LogP contribution in [0.5, 0.6) is 0 Å². The van der Waals surface area contributed by atoms with Gasteiger partial charge in [-0.25, -0.2) is 0 Å². The Hall–Kier alpha value is -0.250. The highest BCUT2D eigenvalue weighted by molar-refractivity contribution is 9.10. The predicted molar refractivity (Wildman–Crippen MR) is 87.0 cm³/mol. The second-order valence-electron chi connectivity index (χ2n) is 5.75. The fourth-order valence-electron chi connectivity index (χ4n) is 2.60. The van der Waals surface area contributed by atoms with Crippen LogP contribution in [0.1, 0.15) is 38.8 Å². The summed E-state index contributed by atoms with van der Waals surface area (Å²) in [4.78, 5) is 12.5. The Kier molecular flexibility index (Phi) is 4.44. The quantitative estimate of drug-likeness (QED) is 0.745. The van der Waals surface area contributed by atoms with E-state index in [-0.39, 0.29) is 17.9 Å². The van der Waals surface area contributed by atoms with Gasteiger partial charge in [-0.1, -0.05) is 41.9 Å². The maximum atomic E-state index is 12.5. The summed E-state index contributed by atoms with van der Waals surface area (Å²) in [7, 11) is 0. The lowest BCUT2D eigenvalue weighted by atomic mass is 9.90. The van der Waals surface area contributed by atoms with Crippen LogP contribution in [0.3, 0.4) is 0 Å². The zero-order chi connectivity index (χ0) is 15.1. The number of amides is 1. The first-order chi connectivity index (χ1) is 9.20. The van der Waals surface area contributed by atoms with Gasteiger partial charge in [0.25, 0.3) is 0 Å². The van der Waals surface area contributed by atoms with E-state index in [1.54, 1.807) is 0 Å². The normalized spacial score (nSPS) is 25.4. The molecule has 0 bridgehead atoms. The van der Waals surface area contributed by atoms with E-state index in [1.807, 2.05) is 45.0 Å². The van der Waals surface area contributed by atoms with Gasteiger partial charge in [-0.15, -0.1) is 23.2 Å². The molecule has 1 aliphatic carbocycles. The Morgan fingerprint density at radius 2 is 1.75 bits per heavy atom. The fraction of sp³-hybridized carbons (Fsp3) is 0.533. The molecule has 1 aliphatic rings.